The van der Waals surface area contributed by atoms with E-state index in [1.54, 1.807) is 5.38 Å². The number of carbonyl (C=O) groups is 2. The Morgan fingerprint density at radius 3 is 3.08 bits per heavy atom. The minimum absolute atomic E-state index is 0.0370. The number of carboxylic acids is 1. The number of hydrogen-bond acceptors (Lipinski definition) is 4. The predicted molar refractivity (Wildman–Crippen MR) is 45.7 cm³/mol. The van der Waals surface area contributed by atoms with E-state index in [9.17, 15) is 9.59 Å². The van der Waals surface area contributed by atoms with Gasteiger partial charge in [-0.05, 0) is 0 Å². The molecule has 0 fully saturated rings. The number of carbonyl (C=O) groups excluding carboxylic acids is 1. The standard InChI is InChI=1S/C8H6O4S/c9-5-1-2-12-6-4(5)3-13-7(6)8(10)11/h3H,1-2H2,(H,10,11). The highest BCUT2D eigenvalue weighted by Crippen LogP contribution is 2.34. The second-order valence-electron chi connectivity index (χ2n) is 2.63. The molecule has 0 spiro atoms. The van der Waals surface area contributed by atoms with E-state index < -0.39 is 5.97 Å². The van der Waals surface area contributed by atoms with Crippen molar-refractivity contribution < 1.29 is 19.4 Å². The molecule has 0 bridgehead atoms. The van der Waals surface area contributed by atoms with Gasteiger partial charge in [0.25, 0.3) is 0 Å². The third kappa shape index (κ3) is 1.21. The highest BCUT2D eigenvalue weighted by atomic mass is 32.1. The van der Waals surface area contributed by atoms with Crippen LogP contribution in [0.4, 0.5) is 0 Å². The Morgan fingerprint density at radius 1 is 1.62 bits per heavy atom. The smallest absolute Gasteiger partial charge is 0.349 e. The number of ketones is 1. The SMILES string of the molecule is O=C1CCOc2c1csc2C(=O)O. The van der Waals surface area contributed by atoms with Gasteiger partial charge in [0.1, 0.15) is 0 Å². The fourth-order valence-electron chi connectivity index (χ4n) is 1.21. The third-order valence-electron chi connectivity index (χ3n) is 1.82. The average molecular weight is 198 g/mol. The zero-order valence-corrected chi connectivity index (χ0v) is 7.39. The molecule has 0 amide bonds. The van der Waals surface area contributed by atoms with Crippen molar-refractivity contribution in [1.29, 1.82) is 0 Å². The Balaban J connectivity index is 2.53. The summed E-state index contributed by atoms with van der Waals surface area (Å²) in [5.41, 5.74) is 0.411. The molecule has 0 radical (unpaired) electrons. The highest BCUT2D eigenvalue weighted by Gasteiger charge is 2.26. The molecule has 1 aliphatic rings. The van der Waals surface area contributed by atoms with Gasteiger partial charge in [0.15, 0.2) is 16.4 Å². The topological polar surface area (TPSA) is 63.6 Å². The van der Waals surface area contributed by atoms with Crippen molar-refractivity contribution in [2.45, 2.75) is 6.42 Å². The van der Waals surface area contributed by atoms with Gasteiger partial charge in [0, 0.05) is 11.8 Å². The summed E-state index contributed by atoms with van der Waals surface area (Å²) in [6.45, 7) is 0.281. The first-order chi connectivity index (χ1) is 6.20. The molecule has 1 aromatic heterocycles. The van der Waals surface area contributed by atoms with Crippen LogP contribution in [0.1, 0.15) is 26.5 Å². The van der Waals surface area contributed by atoms with Crippen molar-refractivity contribution >= 4 is 23.1 Å². The summed E-state index contributed by atoms with van der Waals surface area (Å²) >= 11 is 1.03. The predicted octanol–water partition coefficient (Wildman–Crippen LogP) is 1.41. The summed E-state index contributed by atoms with van der Waals surface area (Å²) in [7, 11) is 0. The monoisotopic (exact) mass is 198 g/mol. The van der Waals surface area contributed by atoms with Crippen LogP contribution in [0, 0.1) is 0 Å². The van der Waals surface area contributed by atoms with E-state index in [-0.39, 0.29) is 23.0 Å². The molecule has 5 heteroatoms. The maximum atomic E-state index is 11.3. The highest BCUT2D eigenvalue weighted by molar-refractivity contribution is 7.12. The van der Waals surface area contributed by atoms with Crippen molar-refractivity contribution in [2.75, 3.05) is 6.61 Å². The lowest BCUT2D eigenvalue weighted by Gasteiger charge is -2.12. The fourth-order valence-corrected chi connectivity index (χ4v) is 2.06. The summed E-state index contributed by atoms with van der Waals surface area (Å²) in [6, 6.07) is 0. The molecule has 0 aromatic carbocycles. The van der Waals surface area contributed by atoms with Gasteiger partial charge < -0.3 is 9.84 Å². The first-order valence-corrected chi connectivity index (χ1v) is 4.59. The molecule has 0 atom stereocenters. The van der Waals surface area contributed by atoms with E-state index in [1.165, 1.54) is 0 Å². The summed E-state index contributed by atoms with van der Waals surface area (Å²) in [5.74, 6) is -0.834. The molecule has 0 saturated carbocycles. The lowest BCUT2D eigenvalue weighted by Crippen LogP contribution is -2.15. The summed E-state index contributed by atoms with van der Waals surface area (Å²) in [4.78, 5) is 22.0. The van der Waals surface area contributed by atoms with E-state index >= 15 is 0 Å². The molecule has 0 unspecified atom stereocenters. The quantitative estimate of drug-likeness (QED) is 0.741. The van der Waals surface area contributed by atoms with Gasteiger partial charge in [-0.25, -0.2) is 4.79 Å². The lowest BCUT2D eigenvalue weighted by molar-refractivity contribution is 0.0697. The minimum atomic E-state index is -1.04. The van der Waals surface area contributed by atoms with Gasteiger partial charge in [-0.3, -0.25) is 4.79 Å². The molecule has 1 N–H and O–H groups in total. The maximum absolute atomic E-state index is 11.3. The molecular formula is C8H6O4S. The molecule has 13 heavy (non-hydrogen) atoms. The number of thiophene rings is 1. The number of Topliss-reactive ketones (excluding diaryl/α,β-unsaturated/α-hetero) is 1. The number of ether oxygens (including phenoxy) is 1. The van der Waals surface area contributed by atoms with Crippen molar-refractivity contribution in [3.63, 3.8) is 0 Å². The van der Waals surface area contributed by atoms with E-state index in [0.29, 0.717) is 12.0 Å². The summed E-state index contributed by atoms with van der Waals surface area (Å²) in [6.07, 6.45) is 0.336. The molecule has 0 saturated heterocycles. The Kier molecular flexibility index (Phi) is 1.81. The van der Waals surface area contributed by atoms with Gasteiger partial charge >= 0.3 is 5.97 Å². The molecule has 0 aliphatic carbocycles. The van der Waals surface area contributed by atoms with Gasteiger partial charge in [0.2, 0.25) is 0 Å². The molecule has 1 aliphatic heterocycles. The lowest BCUT2D eigenvalue weighted by atomic mass is 10.1. The molecule has 1 aromatic rings. The van der Waals surface area contributed by atoms with E-state index in [1.807, 2.05) is 0 Å². The van der Waals surface area contributed by atoms with Crippen LogP contribution in [0.3, 0.4) is 0 Å². The second-order valence-corrected chi connectivity index (χ2v) is 3.51. The number of hydrogen-bond donors (Lipinski definition) is 1. The van der Waals surface area contributed by atoms with Gasteiger partial charge in [-0.1, -0.05) is 0 Å². The van der Waals surface area contributed by atoms with Crippen molar-refractivity contribution in [1.82, 2.24) is 0 Å². The van der Waals surface area contributed by atoms with Crippen LogP contribution in [-0.4, -0.2) is 23.5 Å². The molecule has 4 nitrogen and oxygen atoms in total. The molecule has 2 heterocycles. The fraction of sp³-hybridized carbons (Fsp3) is 0.250. The average Bonchev–Trinajstić information content (AvgIpc) is 2.48. The van der Waals surface area contributed by atoms with E-state index in [4.69, 9.17) is 9.84 Å². The van der Waals surface area contributed by atoms with Crippen LogP contribution in [0.25, 0.3) is 0 Å². The summed E-state index contributed by atoms with van der Waals surface area (Å²) in [5, 5.41) is 10.3. The van der Waals surface area contributed by atoms with Crippen LogP contribution in [-0.2, 0) is 0 Å². The van der Waals surface area contributed by atoms with Crippen LogP contribution in [0.5, 0.6) is 5.75 Å². The molecule has 68 valence electrons. The van der Waals surface area contributed by atoms with E-state index in [0.717, 1.165) is 11.3 Å². The van der Waals surface area contributed by atoms with Crippen molar-refractivity contribution in [2.24, 2.45) is 0 Å². The number of rotatable bonds is 1. The van der Waals surface area contributed by atoms with Crippen molar-refractivity contribution in [3.8, 4) is 5.75 Å². The van der Waals surface area contributed by atoms with Gasteiger partial charge in [-0.2, -0.15) is 0 Å². The normalized spacial score (nSPS) is 14.9. The van der Waals surface area contributed by atoms with Crippen LogP contribution < -0.4 is 4.74 Å². The van der Waals surface area contributed by atoms with Crippen LogP contribution in [0.15, 0.2) is 5.38 Å². The van der Waals surface area contributed by atoms with Crippen LogP contribution >= 0.6 is 11.3 Å². The molecular weight excluding hydrogens is 192 g/mol. The Morgan fingerprint density at radius 2 is 2.38 bits per heavy atom. The zero-order valence-electron chi connectivity index (χ0n) is 6.57. The minimum Gasteiger partial charge on any atom is -0.491 e. The first kappa shape index (κ1) is 8.25. The number of fused-ring (bicyclic) bond motifs is 1. The largest absolute Gasteiger partial charge is 0.491 e. The Bertz CT molecular complexity index is 366. The third-order valence-corrected chi connectivity index (χ3v) is 2.76. The number of carboxylic acid groups (broad SMARTS) is 1. The van der Waals surface area contributed by atoms with E-state index in [2.05, 4.69) is 0 Å². The first-order valence-electron chi connectivity index (χ1n) is 3.71. The number of aromatic carboxylic acids is 1. The molecule has 2 rings (SSSR count). The van der Waals surface area contributed by atoms with Gasteiger partial charge in [-0.15, -0.1) is 11.3 Å². The summed E-state index contributed by atoms with van der Waals surface area (Å²) < 4.78 is 5.14. The zero-order chi connectivity index (χ0) is 9.42. The van der Waals surface area contributed by atoms with Gasteiger partial charge in [0.05, 0.1) is 12.2 Å². The van der Waals surface area contributed by atoms with Crippen LogP contribution in [0.2, 0.25) is 0 Å². The Labute approximate surface area is 77.8 Å². The van der Waals surface area contributed by atoms with Crippen molar-refractivity contribution in [3.05, 3.63) is 15.8 Å². The second kappa shape index (κ2) is 2.85. The Hall–Kier alpha value is -1.36. The maximum Gasteiger partial charge on any atom is 0.349 e.